The van der Waals surface area contributed by atoms with Crippen molar-refractivity contribution in [3.8, 4) is 11.3 Å². The zero-order valence-corrected chi connectivity index (χ0v) is 15.9. The minimum absolute atomic E-state index is 0.0646. The first-order chi connectivity index (χ1) is 13.0. The summed E-state index contributed by atoms with van der Waals surface area (Å²) < 4.78 is 1.85. The molecule has 134 valence electrons. The Bertz CT molecular complexity index is 1190. The molecule has 27 heavy (non-hydrogen) atoms. The van der Waals surface area contributed by atoms with Gasteiger partial charge in [-0.15, -0.1) is 22.7 Å². The lowest BCUT2D eigenvalue weighted by atomic mass is 10.1. The average molecular weight is 416 g/mol. The molecule has 0 aliphatic heterocycles. The fraction of sp³-hybridized carbons (Fsp3) is 0. The van der Waals surface area contributed by atoms with E-state index in [1.807, 2.05) is 27.4 Å². The van der Waals surface area contributed by atoms with Crippen molar-refractivity contribution >= 4 is 56.8 Å². The van der Waals surface area contributed by atoms with Crippen LogP contribution in [0.4, 0.5) is 5.69 Å². The maximum absolute atomic E-state index is 12.3. The van der Waals surface area contributed by atoms with Crippen LogP contribution in [0.15, 0.2) is 53.4 Å². The van der Waals surface area contributed by atoms with Gasteiger partial charge in [0.05, 0.1) is 21.2 Å². The van der Waals surface area contributed by atoms with Crippen LogP contribution in [-0.4, -0.2) is 20.1 Å². The predicted octanol–water partition coefficient (Wildman–Crippen LogP) is 5.58. The fourth-order valence-corrected chi connectivity index (χ4v) is 4.18. The molecule has 9 heteroatoms. The standard InChI is InChI=1S/C18H10ClN3O3S2/c19-12-4-3-11(10-14(12)22(24)25)17-13(21-7-9-27-18(21)20-17)5-6-15(23)16-2-1-8-26-16/h1-10H/b6-5+. The summed E-state index contributed by atoms with van der Waals surface area (Å²) in [5.74, 6) is -0.108. The molecule has 0 bridgehead atoms. The van der Waals surface area contributed by atoms with Crippen molar-refractivity contribution in [3.05, 3.63) is 79.1 Å². The van der Waals surface area contributed by atoms with E-state index >= 15 is 0 Å². The molecule has 1 aromatic carbocycles. The van der Waals surface area contributed by atoms with Gasteiger partial charge in [0, 0.05) is 23.2 Å². The zero-order chi connectivity index (χ0) is 19.0. The van der Waals surface area contributed by atoms with Gasteiger partial charge in [0.2, 0.25) is 0 Å². The second kappa shape index (κ2) is 7.07. The molecule has 0 radical (unpaired) electrons. The number of imidazole rings is 1. The van der Waals surface area contributed by atoms with Crippen molar-refractivity contribution in [2.45, 2.75) is 0 Å². The molecule has 0 aliphatic carbocycles. The van der Waals surface area contributed by atoms with Crippen molar-refractivity contribution in [2.24, 2.45) is 0 Å². The van der Waals surface area contributed by atoms with E-state index in [0.717, 1.165) is 4.96 Å². The highest BCUT2D eigenvalue weighted by atomic mass is 35.5. The molecule has 0 amide bonds. The molecule has 0 fully saturated rings. The van der Waals surface area contributed by atoms with E-state index in [9.17, 15) is 14.9 Å². The molecular formula is C18H10ClN3O3S2. The van der Waals surface area contributed by atoms with Gasteiger partial charge in [-0.05, 0) is 29.7 Å². The molecule has 3 aromatic heterocycles. The number of benzene rings is 1. The molecule has 6 nitrogen and oxygen atoms in total. The van der Waals surface area contributed by atoms with Gasteiger partial charge < -0.3 is 0 Å². The molecule has 0 saturated heterocycles. The first kappa shape index (κ1) is 17.6. The van der Waals surface area contributed by atoms with E-state index in [0.29, 0.717) is 21.8 Å². The van der Waals surface area contributed by atoms with E-state index in [4.69, 9.17) is 11.6 Å². The number of hydrogen-bond donors (Lipinski definition) is 0. The van der Waals surface area contributed by atoms with Crippen LogP contribution in [0.2, 0.25) is 5.02 Å². The van der Waals surface area contributed by atoms with Gasteiger partial charge in [0.1, 0.15) is 5.02 Å². The lowest BCUT2D eigenvalue weighted by Crippen LogP contribution is -1.93. The van der Waals surface area contributed by atoms with Crippen molar-refractivity contribution < 1.29 is 9.72 Å². The number of fused-ring (bicyclic) bond motifs is 1. The molecule has 4 rings (SSSR count). The number of ketones is 1. The van der Waals surface area contributed by atoms with Crippen LogP contribution in [0, 0.1) is 10.1 Å². The Kier molecular flexibility index (Phi) is 4.61. The Morgan fingerprint density at radius 3 is 2.85 bits per heavy atom. The Morgan fingerprint density at radius 2 is 2.11 bits per heavy atom. The number of carbonyl (C=O) groups is 1. The number of thiophene rings is 1. The van der Waals surface area contributed by atoms with Crippen LogP contribution in [0.5, 0.6) is 0 Å². The van der Waals surface area contributed by atoms with Crippen molar-refractivity contribution in [3.63, 3.8) is 0 Å². The highest BCUT2D eigenvalue weighted by Crippen LogP contribution is 2.33. The van der Waals surface area contributed by atoms with Crippen molar-refractivity contribution in [1.82, 2.24) is 9.38 Å². The number of allylic oxidation sites excluding steroid dienone is 1. The Labute approximate surface area is 166 Å². The molecule has 0 saturated carbocycles. The van der Waals surface area contributed by atoms with Crippen LogP contribution in [0.1, 0.15) is 15.4 Å². The van der Waals surface area contributed by atoms with Gasteiger partial charge >= 0.3 is 0 Å². The quantitative estimate of drug-likeness (QED) is 0.184. The number of nitrogens with zero attached hydrogens (tertiary/aromatic N) is 3. The summed E-state index contributed by atoms with van der Waals surface area (Å²) in [7, 11) is 0. The molecule has 0 atom stereocenters. The number of rotatable bonds is 5. The lowest BCUT2D eigenvalue weighted by molar-refractivity contribution is -0.384. The zero-order valence-electron chi connectivity index (χ0n) is 13.5. The van der Waals surface area contributed by atoms with E-state index in [2.05, 4.69) is 4.98 Å². The Morgan fingerprint density at radius 1 is 1.26 bits per heavy atom. The largest absolute Gasteiger partial charge is 0.290 e. The summed E-state index contributed by atoms with van der Waals surface area (Å²) >= 11 is 8.72. The molecule has 3 heterocycles. The third-order valence-electron chi connectivity index (χ3n) is 3.87. The van der Waals surface area contributed by atoms with Crippen LogP contribution in [-0.2, 0) is 0 Å². The second-order valence-electron chi connectivity index (χ2n) is 5.50. The van der Waals surface area contributed by atoms with Crippen molar-refractivity contribution in [2.75, 3.05) is 0 Å². The fourth-order valence-electron chi connectivity index (χ4n) is 2.63. The second-order valence-corrected chi connectivity index (χ2v) is 7.73. The molecule has 0 unspecified atom stereocenters. The topological polar surface area (TPSA) is 77.5 Å². The van der Waals surface area contributed by atoms with Gasteiger partial charge in [-0.25, -0.2) is 4.98 Å². The maximum atomic E-state index is 12.3. The maximum Gasteiger partial charge on any atom is 0.288 e. The first-order valence-electron chi connectivity index (χ1n) is 7.70. The van der Waals surface area contributed by atoms with E-state index < -0.39 is 4.92 Å². The third kappa shape index (κ3) is 3.30. The predicted molar refractivity (Wildman–Crippen MR) is 108 cm³/mol. The molecule has 0 N–H and O–H groups in total. The number of carbonyl (C=O) groups excluding carboxylic acids is 1. The Hall–Kier alpha value is -2.81. The van der Waals surface area contributed by atoms with Crippen LogP contribution in [0.3, 0.4) is 0 Å². The number of hydrogen-bond acceptors (Lipinski definition) is 6. The first-order valence-corrected chi connectivity index (χ1v) is 9.84. The van der Waals surface area contributed by atoms with Crippen molar-refractivity contribution in [1.29, 1.82) is 0 Å². The normalized spacial score (nSPS) is 11.4. The number of nitro groups is 1. The summed E-state index contributed by atoms with van der Waals surface area (Å²) in [5.41, 5.74) is 1.60. The number of thiazole rings is 1. The highest BCUT2D eigenvalue weighted by molar-refractivity contribution is 7.15. The third-order valence-corrected chi connectivity index (χ3v) is 5.83. The van der Waals surface area contributed by atoms with E-state index in [1.165, 1.54) is 40.9 Å². The van der Waals surface area contributed by atoms with Crippen LogP contribution < -0.4 is 0 Å². The highest BCUT2D eigenvalue weighted by Gasteiger charge is 2.18. The molecule has 0 spiro atoms. The van der Waals surface area contributed by atoms with Crippen LogP contribution in [0.25, 0.3) is 22.3 Å². The Balaban J connectivity index is 1.82. The minimum atomic E-state index is -0.528. The number of halogens is 1. The molecule has 0 aliphatic rings. The number of nitro benzene ring substituents is 1. The van der Waals surface area contributed by atoms with Gasteiger partial charge in [-0.1, -0.05) is 23.7 Å². The average Bonchev–Trinajstić information content (AvgIpc) is 3.37. The summed E-state index contributed by atoms with van der Waals surface area (Å²) in [6, 6.07) is 8.14. The summed E-state index contributed by atoms with van der Waals surface area (Å²) in [6.07, 6.45) is 5.02. The number of aromatic nitrogens is 2. The summed E-state index contributed by atoms with van der Waals surface area (Å²) in [4.78, 5) is 28.9. The van der Waals surface area contributed by atoms with Gasteiger partial charge in [-0.3, -0.25) is 19.3 Å². The minimum Gasteiger partial charge on any atom is -0.290 e. The summed E-state index contributed by atoms with van der Waals surface area (Å²) in [6.45, 7) is 0. The summed E-state index contributed by atoms with van der Waals surface area (Å²) in [5, 5.41) is 15.0. The van der Waals surface area contributed by atoms with E-state index in [1.54, 1.807) is 18.2 Å². The van der Waals surface area contributed by atoms with Gasteiger partial charge in [-0.2, -0.15) is 0 Å². The van der Waals surface area contributed by atoms with E-state index in [-0.39, 0.29) is 16.5 Å². The lowest BCUT2D eigenvalue weighted by Gasteiger charge is -2.02. The van der Waals surface area contributed by atoms with Gasteiger partial charge in [0.15, 0.2) is 10.7 Å². The SMILES string of the molecule is O=C(/C=C/c1c(-c2ccc(Cl)c([N+](=O)[O-])c2)nc2sccn12)c1cccs1. The van der Waals surface area contributed by atoms with Crippen LogP contribution >= 0.6 is 34.3 Å². The monoisotopic (exact) mass is 415 g/mol. The smallest absolute Gasteiger partial charge is 0.288 e. The van der Waals surface area contributed by atoms with Gasteiger partial charge in [0.25, 0.3) is 5.69 Å². The molecular weight excluding hydrogens is 406 g/mol. The molecule has 4 aromatic rings.